The maximum absolute atomic E-state index is 5.20. The number of hydrazine groups is 1. The summed E-state index contributed by atoms with van der Waals surface area (Å²) in [4.78, 5) is 0. The first-order chi connectivity index (χ1) is 4.36. The maximum atomic E-state index is 5.20. The van der Waals surface area contributed by atoms with Crippen molar-refractivity contribution in [2.24, 2.45) is 5.84 Å². The van der Waals surface area contributed by atoms with Crippen LogP contribution in [0.3, 0.4) is 0 Å². The minimum atomic E-state index is 0.698. The Kier molecular flexibility index (Phi) is 2.65. The van der Waals surface area contributed by atoms with Crippen LogP contribution in [-0.4, -0.2) is 17.4 Å². The Hall–Kier alpha value is 0.1000. The van der Waals surface area contributed by atoms with Gasteiger partial charge in [-0.3, -0.25) is 11.2 Å². The number of nitrogens with one attached hydrogen (secondary N) is 2. The largest absolute Gasteiger partial charge is 0.271 e. The van der Waals surface area contributed by atoms with Crippen molar-refractivity contribution in [1.82, 2.24) is 10.7 Å². The Balaban J connectivity index is 2.21. The zero-order chi connectivity index (χ0) is 6.69. The third-order valence-corrected chi connectivity index (χ3v) is 1.98. The quantitative estimate of drug-likeness (QED) is 0.173. The predicted molar refractivity (Wildman–Crippen MR) is 43.4 cm³/mol. The molecule has 1 saturated carbocycles. The molecule has 0 heterocycles. The van der Waals surface area contributed by atoms with E-state index in [0.29, 0.717) is 6.04 Å². The third kappa shape index (κ3) is 2.45. The summed E-state index contributed by atoms with van der Waals surface area (Å²) in [6, 6.07) is 0.698. The van der Waals surface area contributed by atoms with Crippen molar-refractivity contribution in [2.45, 2.75) is 18.9 Å². The number of hydrogen-bond acceptors (Lipinski definition) is 1. The first-order valence-corrected chi connectivity index (χ1v) is 4.41. The van der Waals surface area contributed by atoms with Gasteiger partial charge >= 0.3 is 0 Å². The lowest BCUT2D eigenvalue weighted by Crippen LogP contribution is -2.41. The Labute approximate surface area is 58.9 Å². The number of thiol groups is 1. The molecule has 0 aromatic rings. The molecule has 0 radical (unpaired) electrons. The van der Waals surface area contributed by atoms with Crippen LogP contribution in [0.15, 0.2) is 0 Å². The second-order valence-electron chi connectivity index (χ2n) is 2.14. The Bertz CT molecular complexity index is 119. The smallest absolute Gasteiger partial charge is 0.0937 e. The van der Waals surface area contributed by atoms with Crippen molar-refractivity contribution < 1.29 is 0 Å². The predicted octanol–water partition coefficient (Wildman–Crippen LogP) is -0.616. The van der Waals surface area contributed by atoms with Crippen molar-refractivity contribution in [3.63, 3.8) is 0 Å². The van der Waals surface area contributed by atoms with E-state index in [1.807, 2.05) is 6.26 Å². The molecular formula is C5H13N3S. The van der Waals surface area contributed by atoms with Crippen molar-refractivity contribution in [3.05, 3.63) is 0 Å². The Morgan fingerprint density at radius 3 is 2.67 bits per heavy atom. The molecule has 4 N–H and O–H groups in total. The summed E-state index contributed by atoms with van der Waals surface area (Å²) in [5.41, 5.74) is 2.62. The number of rotatable bonds is 1. The third-order valence-electron chi connectivity index (χ3n) is 1.28. The summed E-state index contributed by atoms with van der Waals surface area (Å²) in [5, 5.41) is 4.28. The van der Waals surface area contributed by atoms with Crippen LogP contribution in [0.2, 0.25) is 0 Å². The second kappa shape index (κ2) is 3.31. The average Bonchev–Trinajstić information content (AvgIpc) is 2.66. The molecule has 9 heavy (non-hydrogen) atoms. The van der Waals surface area contributed by atoms with Gasteiger partial charge in [-0.15, -0.1) is 0 Å². The molecule has 0 aliphatic heterocycles. The SMILES string of the molecule is C[SH]=C(NN)NC1CC1. The van der Waals surface area contributed by atoms with E-state index in [0.717, 1.165) is 5.11 Å². The van der Waals surface area contributed by atoms with Gasteiger partial charge in [-0.1, -0.05) is 0 Å². The summed E-state index contributed by atoms with van der Waals surface area (Å²) in [7, 11) is 0. The summed E-state index contributed by atoms with van der Waals surface area (Å²) in [6.07, 6.45) is 4.63. The average molecular weight is 147 g/mol. The second-order valence-corrected chi connectivity index (χ2v) is 3.03. The molecule has 0 aromatic heterocycles. The molecule has 4 heteroatoms. The van der Waals surface area contributed by atoms with E-state index in [1.54, 1.807) is 0 Å². The van der Waals surface area contributed by atoms with Gasteiger partial charge in [0.15, 0.2) is 0 Å². The molecular weight excluding hydrogens is 134 g/mol. The van der Waals surface area contributed by atoms with Crippen LogP contribution in [0.5, 0.6) is 0 Å². The maximum Gasteiger partial charge on any atom is 0.0937 e. The van der Waals surface area contributed by atoms with Gasteiger partial charge in [0.05, 0.1) is 5.11 Å². The van der Waals surface area contributed by atoms with Crippen LogP contribution in [0.4, 0.5) is 0 Å². The van der Waals surface area contributed by atoms with E-state index in [1.165, 1.54) is 24.2 Å². The summed E-state index contributed by atoms with van der Waals surface area (Å²) >= 11 is 1.18. The van der Waals surface area contributed by atoms with Gasteiger partial charge in [-0.05, 0) is 19.1 Å². The molecule has 0 aromatic carbocycles. The highest BCUT2D eigenvalue weighted by molar-refractivity contribution is 7.97. The topological polar surface area (TPSA) is 50.1 Å². The fraction of sp³-hybridized carbons (Fsp3) is 0.800. The van der Waals surface area contributed by atoms with E-state index >= 15 is 0 Å². The molecule has 1 aliphatic rings. The lowest BCUT2D eigenvalue weighted by atomic mass is 10.7. The fourth-order valence-corrected chi connectivity index (χ4v) is 1.03. The van der Waals surface area contributed by atoms with Crippen molar-refractivity contribution in [3.8, 4) is 0 Å². The standard InChI is InChI=1S/C5H13N3S/c1-9-5(8-6)7-4-2-3-4/h4,7-9H,2-3,6H2,1H3. The van der Waals surface area contributed by atoms with Crippen molar-refractivity contribution in [1.29, 1.82) is 0 Å². The Morgan fingerprint density at radius 1 is 1.67 bits per heavy atom. The molecule has 1 fully saturated rings. The van der Waals surface area contributed by atoms with E-state index < -0.39 is 0 Å². The molecule has 0 saturated heterocycles. The first-order valence-electron chi connectivity index (χ1n) is 3.06. The van der Waals surface area contributed by atoms with Gasteiger partial charge in [-0.2, -0.15) is 11.4 Å². The van der Waals surface area contributed by atoms with E-state index in [-0.39, 0.29) is 0 Å². The summed E-state index contributed by atoms with van der Waals surface area (Å²) < 4.78 is 0. The van der Waals surface area contributed by atoms with Gasteiger partial charge in [0, 0.05) is 6.04 Å². The van der Waals surface area contributed by atoms with Gasteiger partial charge in [0.25, 0.3) is 0 Å². The lowest BCUT2D eigenvalue weighted by Gasteiger charge is -2.03. The lowest BCUT2D eigenvalue weighted by molar-refractivity contribution is 0.860. The van der Waals surface area contributed by atoms with Gasteiger partial charge in [-0.25, -0.2) is 5.43 Å². The number of hydrogen-bond donors (Lipinski definition) is 4. The van der Waals surface area contributed by atoms with Gasteiger partial charge < -0.3 is 0 Å². The molecule has 0 amide bonds. The van der Waals surface area contributed by atoms with Crippen LogP contribution in [0.1, 0.15) is 12.8 Å². The first kappa shape index (κ1) is 7.21. The van der Waals surface area contributed by atoms with E-state index in [4.69, 9.17) is 5.84 Å². The molecule has 54 valence electrons. The summed E-state index contributed by atoms with van der Waals surface area (Å²) in [6.45, 7) is 0. The molecule has 0 bridgehead atoms. The molecule has 1 aliphatic carbocycles. The highest BCUT2D eigenvalue weighted by Gasteiger charge is 2.21. The fourth-order valence-electron chi connectivity index (χ4n) is 0.592. The van der Waals surface area contributed by atoms with Gasteiger partial charge in [0.2, 0.25) is 0 Å². The normalized spacial score (nSPS) is 21.3. The minimum Gasteiger partial charge on any atom is -0.271 e. The van der Waals surface area contributed by atoms with Crippen molar-refractivity contribution in [2.75, 3.05) is 6.26 Å². The molecule has 0 atom stereocenters. The zero-order valence-electron chi connectivity index (χ0n) is 5.52. The highest BCUT2D eigenvalue weighted by Crippen LogP contribution is 2.18. The molecule has 0 spiro atoms. The van der Waals surface area contributed by atoms with Gasteiger partial charge in [0.1, 0.15) is 0 Å². The van der Waals surface area contributed by atoms with E-state index in [9.17, 15) is 0 Å². The number of nitrogens with two attached hydrogens (primary N) is 1. The zero-order valence-corrected chi connectivity index (χ0v) is 6.41. The Morgan fingerprint density at radius 2 is 2.33 bits per heavy atom. The molecule has 1 rings (SSSR count). The van der Waals surface area contributed by atoms with Crippen LogP contribution in [0, 0.1) is 0 Å². The van der Waals surface area contributed by atoms with Crippen LogP contribution < -0.4 is 16.6 Å². The van der Waals surface area contributed by atoms with Crippen LogP contribution >= 0.6 is 11.4 Å². The van der Waals surface area contributed by atoms with Crippen LogP contribution in [-0.2, 0) is 0 Å². The van der Waals surface area contributed by atoms with E-state index in [2.05, 4.69) is 10.7 Å². The minimum absolute atomic E-state index is 0.698. The van der Waals surface area contributed by atoms with Crippen LogP contribution in [0.25, 0.3) is 0 Å². The molecule has 3 nitrogen and oxygen atoms in total. The van der Waals surface area contributed by atoms with Crippen molar-refractivity contribution >= 4 is 16.5 Å². The monoisotopic (exact) mass is 147 g/mol. The highest BCUT2D eigenvalue weighted by atomic mass is 32.1. The molecule has 0 unspecified atom stereocenters. The summed E-state index contributed by atoms with van der Waals surface area (Å²) in [5.74, 6) is 5.20.